The van der Waals surface area contributed by atoms with E-state index in [1.165, 1.54) is 0 Å². The van der Waals surface area contributed by atoms with E-state index in [0.29, 0.717) is 22.9 Å². The average molecular weight is 439 g/mol. The predicted octanol–water partition coefficient (Wildman–Crippen LogP) is 4.89. The molecule has 0 fully saturated rings. The van der Waals surface area contributed by atoms with E-state index in [1.54, 1.807) is 43.3 Å². The van der Waals surface area contributed by atoms with Crippen molar-refractivity contribution in [3.8, 4) is 11.5 Å². The molecule has 6 nitrogen and oxygen atoms in total. The van der Waals surface area contributed by atoms with Crippen LogP contribution in [-0.2, 0) is 14.8 Å². The summed E-state index contributed by atoms with van der Waals surface area (Å²) in [6.07, 6.45) is 1.10. The molecule has 0 saturated carbocycles. The van der Waals surface area contributed by atoms with E-state index in [-0.39, 0.29) is 0 Å². The van der Waals surface area contributed by atoms with Crippen LogP contribution in [0.2, 0.25) is 0 Å². The lowest BCUT2D eigenvalue weighted by molar-refractivity contribution is -0.116. The monoisotopic (exact) mass is 438 g/mol. The van der Waals surface area contributed by atoms with E-state index in [9.17, 15) is 13.2 Å². The predicted molar refractivity (Wildman–Crippen MR) is 124 cm³/mol. The molecule has 0 aliphatic heterocycles. The number of sulfonamides is 1. The van der Waals surface area contributed by atoms with Gasteiger partial charge in [0.15, 0.2) is 5.75 Å². The maximum absolute atomic E-state index is 13.1. The first-order chi connectivity index (χ1) is 14.7. The SMILES string of the molecule is Cc1ccc(N(C(C)C(=O)Nc2ccccc2Oc2ccccc2)S(C)(=O)=O)cc1C. The van der Waals surface area contributed by atoms with Crippen LogP contribution in [0.1, 0.15) is 18.1 Å². The average Bonchev–Trinajstić information content (AvgIpc) is 2.72. The van der Waals surface area contributed by atoms with Crippen molar-refractivity contribution in [1.82, 2.24) is 0 Å². The Bertz CT molecular complexity index is 1180. The maximum atomic E-state index is 13.1. The van der Waals surface area contributed by atoms with Gasteiger partial charge in [-0.05, 0) is 68.3 Å². The fourth-order valence-corrected chi connectivity index (χ4v) is 4.35. The summed E-state index contributed by atoms with van der Waals surface area (Å²) >= 11 is 0. The Balaban J connectivity index is 1.87. The smallest absolute Gasteiger partial charge is 0.248 e. The first-order valence-electron chi connectivity index (χ1n) is 9.86. The number of benzene rings is 3. The Labute approximate surface area is 183 Å². The number of rotatable bonds is 7. The molecule has 0 heterocycles. The summed E-state index contributed by atoms with van der Waals surface area (Å²) in [6.45, 7) is 5.41. The molecule has 0 aromatic heterocycles. The highest BCUT2D eigenvalue weighted by atomic mass is 32.2. The Kier molecular flexibility index (Phi) is 6.65. The van der Waals surface area contributed by atoms with E-state index >= 15 is 0 Å². The van der Waals surface area contributed by atoms with E-state index < -0.39 is 22.0 Å². The summed E-state index contributed by atoms with van der Waals surface area (Å²) in [5, 5.41) is 2.81. The number of carbonyl (C=O) groups is 1. The van der Waals surface area contributed by atoms with Crippen molar-refractivity contribution in [2.24, 2.45) is 0 Å². The lowest BCUT2D eigenvalue weighted by Crippen LogP contribution is -2.45. The summed E-state index contributed by atoms with van der Waals surface area (Å²) in [4.78, 5) is 13.1. The third-order valence-corrected chi connectivity index (χ3v) is 6.19. The summed E-state index contributed by atoms with van der Waals surface area (Å²) in [6, 6.07) is 20.6. The van der Waals surface area contributed by atoms with Crippen LogP contribution < -0.4 is 14.4 Å². The van der Waals surface area contributed by atoms with Crippen molar-refractivity contribution < 1.29 is 17.9 Å². The molecule has 0 aliphatic rings. The number of nitrogens with zero attached hydrogens (tertiary/aromatic N) is 1. The molecule has 0 bridgehead atoms. The Morgan fingerprint density at radius 1 is 0.935 bits per heavy atom. The van der Waals surface area contributed by atoms with Crippen LogP contribution in [0.25, 0.3) is 0 Å². The molecule has 3 aromatic carbocycles. The van der Waals surface area contributed by atoms with Crippen LogP contribution >= 0.6 is 0 Å². The minimum Gasteiger partial charge on any atom is -0.455 e. The van der Waals surface area contributed by atoms with E-state index in [2.05, 4.69) is 5.32 Å². The quantitative estimate of drug-likeness (QED) is 0.570. The molecule has 1 unspecified atom stereocenters. The zero-order chi connectivity index (χ0) is 22.6. The van der Waals surface area contributed by atoms with E-state index in [1.807, 2.05) is 50.2 Å². The first-order valence-corrected chi connectivity index (χ1v) is 11.7. The van der Waals surface area contributed by atoms with Crippen LogP contribution in [0.15, 0.2) is 72.8 Å². The molecule has 1 amide bonds. The second kappa shape index (κ2) is 9.22. The van der Waals surface area contributed by atoms with Gasteiger partial charge in [-0.2, -0.15) is 0 Å². The van der Waals surface area contributed by atoms with Gasteiger partial charge >= 0.3 is 0 Å². The first kappa shape index (κ1) is 22.4. The number of aryl methyl sites for hydroxylation is 2. The standard InChI is InChI=1S/C24H26N2O4S/c1-17-14-15-20(16-18(17)2)26(31(4,28)29)19(3)24(27)25-22-12-8-9-13-23(22)30-21-10-6-5-7-11-21/h5-16,19H,1-4H3,(H,25,27). The van der Waals surface area contributed by atoms with Crippen LogP contribution in [-0.4, -0.2) is 26.6 Å². The zero-order valence-electron chi connectivity index (χ0n) is 18.0. The molecule has 31 heavy (non-hydrogen) atoms. The lowest BCUT2D eigenvalue weighted by Gasteiger charge is -2.29. The molecular formula is C24H26N2O4S. The maximum Gasteiger partial charge on any atom is 0.248 e. The number of hydrogen-bond acceptors (Lipinski definition) is 4. The molecule has 3 aromatic rings. The minimum absolute atomic E-state index is 0.446. The van der Waals surface area contributed by atoms with E-state index in [0.717, 1.165) is 21.7 Å². The highest BCUT2D eigenvalue weighted by Crippen LogP contribution is 2.30. The van der Waals surface area contributed by atoms with Crippen molar-refractivity contribution in [3.05, 3.63) is 83.9 Å². The number of carbonyl (C=O) groups excluding carboxylic acids is 1. The summed E-state index contributed by atoms with van der Waals surface area (Å²) in [5.74, 6) is 0.629. The van der Waals surface area contributed by atoms with Crippen molar-refractivity contribution in [2.45, 2.75) is 26.8 Å². The number of hydrogen-bond donors (Lipinski definition) is 1. The highest BCUT2D eigenvalue weighted by molar-refractivity contribution is 7.92. The Morgan fingerprint density at radius 3 is 2.23 bits per heavy atom. The molecule has 0 saturated heterocycles. The second-order valence-corrected chi connectivity index (χ2v) is 9.26. The minimum atomic E-state index is -3.70. The summed E-state index contributed by atoms with van der Waals surface area (Å²) in [7, 11) is -3.70. The third-order valence-electron chi connectivity index (χ3n) is 4.95. The van der Waals surface area contributed by atoms with Crippen LogP contribution in [0.3, 0.4) is 0 Å². The fraction of sp³-hybridized carbons (Fsp3) is 0.208. The van der Waals surface area contributed by atoms with Gasteiger partial charge in [-0.25, -0.2) is 8.42 Å². The van der Waals surface area contributed by atoms with Gasteiger partial charge in [0.05, 0.1) is 17.6 Å². The molecular weight excluding hydrogens is 412 g/mol. The normalized spacial score (nSPS) is 12.1. The van der Waals surface area contributed by atoms with Gasteiger partial charge in [0.2, 0.25) is 15.9 Å². The highest BCUT2D eigenvalue weighted by Gasteiger charge is 2.29. The molecule has 0 radical (unpaired) electrons. The van der Waals surface area contributed by atoms with Crippen molar-refractivity contribution >= 4 is 27.3 Å². The van der Waals surface area contributed by atoms with Gasteiger partial charge in [-0.15, -0.1) is 0 Å². The number of ether oxygens (including phenoxy) is 1. The van der Waals surface area contributed by atoms with Crippen molar-refractivity contribution in [3.63, 3.8) is 0 Å². The van der Waals surface area contributed by atoms with Crippen LogP contribution in [0.5, 0.6) is 11.5 Å². The lowest BCUT2D eigenvalue weighted by atomic mass is 10.1. The van der Waals surface area contributed by atoms with Gasteiger partial charge in [0.25, 0.3) is 0 Å². The van der Waals surface area contributed by atoms with Crippen molar-refractivity contribution in [2.75, 3.05) is 15.9 Å². The fourth-order valence-electron chi connectivity index (χ4n) is 3.18. The topological polar surface area (TPSA) is 75.7 Å². The van der Waals surface area contributed by atoms with Gasteiger partial charge in [-0.3, -0.25) is 9.10 Å². The van der Waals surface area contributed by atoms with Gasteiger partial charge < -0.3 is 10.1 Å². The molecule has 7 heteroatoms. The third kappa shape index (κ3) is 5.44. The molecule has 1 atom stereocenters. The summed E-state index contributed by atoms with van der Waals surface area (Å²) < 4.78 is 32.1. The Morgan fingerprint density at radius 2 is 1.58 bits per heavy atom. The molecule has 0 aliphatic carbocycles. The molecule has 3 rings (SSSR count). The summed E-state index contributed by atoms with van der Waals surface area (Å²) in [5.41, 5.74) is 2.89. The van der Waals surface area contributed by atoms with Gasteiger partial charge in [0.1, 0.15) is 11.8 Å². The number of amides is 1. The Hall–Kier alpha value is -3.32. The van der Waals surface area contributed by atoms with Crippen LogP contribution in [0, 0.1) is 13.8 Å². The second-order valence-electron chi connectivity index (χ2n) is 7.40. The zero-order valence-corrected chi connectivity index (χ0v) is 18.8. The van der Waals surface area contributed by atoms with E-state index in [4.69, 9.17) is 4.74 Å². The number of nitrogens with one attached hydrogen (secondary N) is 1. The van der Waals surface area contributed by atoms with Gasteiger partial charge in [-0.1, -0.05) is 36.4 Å². The van der Waals surface area contributed by atoms with Gasteiger partial charge in [0, 0.05) is 0 Å². The number of para-hydroxylation sites is 3. The molecule has 0 spiro atoms. The molecule has 162 valence electrons. The molecule has 1 N–H and O–H groups in total. The van der Waals surface area contributed by atoms with Crippen molar-refractivity contribution in [1.29, 1.82) is 0 Å². The van der Waals surface area contributed by atoms with Crippen LogP contribution in [0.4, 0.5) is 11.4 Å². The number of anilines is 2. The largest absolute Gasteiger partial charge is 0.455 e.